The number of carbonyl (C=O) groups excluding carboxylic acids is 1. The van der Waals surface area contributed by atoms with E-state index in [1.807, 2.05) is 6.92 Å². The molecule has 1 aliphatic carbocycles. The molecule has 3 unspecified atom stereocenters. The van der Waals surface area contributed by atoms with Gasteiger partial charge in [-0.3, -0.25) is 14.9 Å². The zero-order chi connectivity index (χ0) is 23.5. The number of aryl methyl sites for hydroxylation is 1. The van der Waals surface area contributed by atoms with E-state index in [9.17, 15) is 13.6 Å². The Morgan fingerprint density at radius 2 is 2.19 bits per heavy atom. The van der Waals surface area contributed by atoms with Crippen LogP contribution in [0, 0.1) is 17.1 Å². The third-order valence-electron chi connectivity index (χ3n) is 5.10. The van der Waals surface area contributed by atoms with Crippen molar-refractivity contribution in [2.75, 3.05) is 13.2 Å². The second kappa shape index (κ2) is 9.96. The second-order valence-electron chi connectivity index (χ2n) is 7.97. The van der Waals surface area contributed by atoms with Gasteiger partial charge < -0.3 is 10.1 Å². The Bertz CT molecular complexity index is 1030. The molecule has 0 spiro atoms. The van der Waals surface area contributed by atoms with E-state index in [4.69, 9.17) is 10.1 Å². The molecule has 0 radical (unpaired) electrons. The van der Waals surface area contributed by atoms with Crippen molar-refractivity contribution >= 4 is 26.7 Å². The molecule has 172 valence electrons. The van der Waals surface area contributed by atoms with Crippen molar-refractivity contribution in [2.45, 2.75) is 38.1 Å². The lowest BCUT2D eigenvalue weighted by Gasteiger charge is -2.21. The predicted octanol–water partition coefficient (Wildman–Crippen LogP) is 3.59. The van der Waals surface area contributed by atoms with Gasteiger partial charge in [0.15, 0.2) is 11.2 Å². The number of aliphatic imine (C=N–C) groups is 1. The summed E-state index contributed by atoms with van der Waals surface area (Å²) in [6, 6.07) is 6.51. The van der Waals surface area contributed by atoms with Gasteiger partial charge >= 0.3 is 0 Å². The number of aromatic nitrogens is 2. The third-order valence-corrected chi connectivity index (χ3v) is 5.39. The molecule has 3 rings (SSSR count). The summed E-state index contributed by atoms with van der Waals surface area (Å²) < 4.78 is 34.7. The largest absolute Gasteiger partial charge is 0.379 e. The molecule has 1 amide bonds. The number of hydrogen-bond donors (Lipinski definition) is 2. The molecule has 3 atom stereocenters. The molecule has 1 aromatic heterocycles. The molecule has 10 heteroatoms. The Kier molecular flexibility index (Phi) is 7.51. The predicted molar refractivity (Wildman–Crippen MR) is 123 cm³/mol. The van der Waals surface area contributed by atoms with Gasteiger partial charge in [0.05, 0.1) is 12.6 Å². The number of carbonyl (C=O) groups is 1. The van der Waals surface area contributed by atoms with Crippen molar-refractivity contribution in [2.24, 2.45) is 18.0 Å². The van der Waals surface area contributed by atoms with Crippen molar-refractivity contribution in [3.63, 3.8) is 0 Å². The van der Waals surface area contributed by atoms with Crippen molar-refractivity contribution in [3.05, 3.63) is 53.1 Å². The minimum Gasteiger partial charge on any atom is -0.379 e. The lowest BCUT2D eigenvalue weighted by atomic mass is 10.1. The summed E-state index contributed by atoms with van der Waals surface area (Å²) in [5.41, 5.74) is 1.29. The fourth-order valence-corrected chi connectivity index (χ4v) is 3.39. The summed E-state index contributed by atoms with van der Waals surface area (Å²) in [7, 11) is 3.63. The minimum absolute atomic E-state index is 0.0822. The van der Waals surface area contributed by atoms with Crippen LogP contribution in [0.25, 0.3) is 0 Å². The van der Waals surface area contributed by atoms with Crippen LogP contribution in [0.2, 0.25) is 0 Å². The smallest absolute Gasteiger partial charge is 0.270 e. The maximum absolute atomic E-state index is 14.2. The highest BCUT2D eigenvalue weighted by atomic mass is 31.0. The summed E-state index contributed by atoms with van der Waals surface area (Å²) in [5.74, 6) is -0.870. The van der Waals surface area contributed by atoms with Gasteiger partial charge in [0.1, 0.15) is 17.2 Å². The van der Waals surface area contributed by atoms with Gasteiger partial charge in [0, 0.05) is 24.9 Å². The van der Waals surface area contributed by atoms with Crippen LogP contribution in [-0.2, 0) is 17.2 Å². The SMILES string of the molecule is CCOCC(NC(=O)c1cc(C(C)(F)P)nn1C)C(=NC(=N)c1cccc(F)c1)C1CC1. The summed E-state index contributed by atoms with van der Waals surface area (Å²) >= 11 is 0. The van der Waals surface area contributed by atoms with Crippen molar-refractivity contribution in [1.29, 1.82) is 5.41 Å². The molecular formula is C22H28F2N5O2P. The Labute approximate surface area is 188 Å². The number of ether oxygens (including phenoxy) is 1. The molecule has 1 saturated carbocycles. The fraction of sp³-hybridized carbons (Fsp3) is 0.455. The van der Waals surface area contributed by atoms with Gasteiger partial charge in [-0.2, -0.15) is 5.10 Å². The van der Waals surface area contributed by atoms with Crippen LogP contribution < -0.4 is 5.32 Å². The lowest BCUT2D eigenvalue weighted by Crippen LogP contribution is -2.45. The Hall–Kier alpha value is -2.51. The third kappa shape index (κ3) is 6.04. The van der Waals surface area contributed by atoms with Crippen molar-refractivity contribution in [3.8, 4) is 0 Å². The number of nitrogens with one attached hydrogen (secondary N) is 2. The minimum atomic E-state index is -1.76. The first-order valence-corrected chi connectivity index (χ1v) is 11.0. The number of alkyl halides is 1. The van der Waals surface area contributed by atoms with Crippen LogP contribution in [0.5, 0.6) is 0 Å². The molecule has 2 aromatic rings. The molecule has 0 saturated heterocycles. The molecule has 32 heavy (non-hydrogen) atoms. The van der Waals surface area contributed by atoms with E-state index in [1.54, 1.807) is 13.1 Å². The van der Waals surface area contributed by atoms with Crippen LogP contribution >= 0.6 is 9.24 Å². The number of rotatable bonds is 9. The normalized spacial score (nSPS) is 17.0. The number of benzene rings is 1. The summed E-state index contributed by atoms with van der Waals surface area (Å²) in [5, 5.41) is 13.6. The number of halogens is 2. The van der Waals surface area contributed by atoms with E-state index >= 15 is 0 Å². The van der Waals surface area contributed by atoms with Gasteiger partial charge in [-0.05, 0) is 50.8 Å². The quantitative estimate of drug-likeness (QED) is 0.338. The molecule has 1 heterocycles. The summed E-state index contributed by atoms with van der Waals surface area (Å²) in [4.78, 5) is 17.5. The number of nitrogens with zero attached hydrogens (tertiary/aromatic N) is 3. The van der Waals surface area contributed by atoms with E-state index in [0.717, 1.165) is 12.8 Å². The maximum atomic E-state index is 14.2. The molecule has 1 aliphatic rings. The van der Waals surface area contributed by atoms with Crippen LogP contribution in [0.15, 0.2) is 35.3 Å². The molecule has 7 nitrogen and oxygen atoms in total. The first kappa shape index (κ1) is 24.1. The van der Waals surface area contributed by atoms with Crippen molar-refractivity contribution < 1.29 is 18.3 Å². The zero-order valence-electron chi connectivity index (χ0n) is 18.4. The summed E-state index contributed by atoms with van der Waals surface area (Å²) in [6.45, 7) is 3.80. The molecule has 1 aromatic carbocycles. The monoisotopic (exact) mass is 463 g/mol. The second-order valence-corrected chi connectivity index (χ2v) is 9.05. The number of hydrogen-bond acceptors (Lipinski definition) is 4. The fourth-order valence-electron chi connectivity index (χ4n) is 3.25. The average Bonchev–Trinajstić information content (AvgIpc) is 3.48. The van der Waals surface area contributed by atoms with Crippen LogP contribution in [0.3, 0.4) is 0 Å². The Balaban J connectivity index is 1.87. The molecule has 0 aliphatic heterocycles. The first-order valence-electron chi connectivity index (χ1n) is 10.4. The van der Waals surface area contributed by atoms with Gasteiger partial charge in [-0.25, -0.2) is 13.8 Å². The van der Waals surface area contributed by atoms with Gasteiger partial charge in [0.25, 0.3) is 5.91 Å². The van der Waals surface area contributed by atoms with E-state index in [1.165, 1.54) is 35.9 Å². The molecule has 1 fully saturated rings. The van der Waals surface area contributed by atoms with E-state index in [0.29, 0.717) is 17.9 Å². The molecule has 2 N–H and O–H groups in total. The number of amides is 1. The van der Waals surface area contributed by atoms with Crippen molar-refractivity contribution in [1.82, 2.24) is 15.1 Å². The highest BCUT2D eigenvalue weighted by molar-refractivity contribution is 7.18. The average molecular weight is 463 g/mol. The van der Waals surface area contributed by atoms with Crippen LogP contribution in [0.4, 0.5) is 8.78 Å². The van der Waals surface area contributed by atoms with Gasteiger partial charge in [-0.1, -0.05) is 21.4 Å². The Morgan fingerprint density at radius 3 is 2.75 bits per heavy atom. The number of amidine groups is 1. The standard InChI is InChI=1S/C22H28F2N5O2P/c1-4-31-12-16(26-21(30)17-11-18(22(2,24)32)28-29(17)3)19(13-8-9-13)27-20(25)14-6-5-7-15(23)10-14/h5-7,10-11,13,16,25H,4,8-9,12,32H2,1-3H3,(H,26,30). The highest BCUT2D eigenvalue weighted by Gasteiger charge is 2.35. The van der Waals surface area contributed by atoms with Gasteiger partial charge in [0.2, 0.25) is 0 Å². The van der Waals surface area contributed by atoms with E-state index in [-0.39, 0.29) is 29.7 Å². The van der Waals surface area contributed by atoms with Crippen LogP contribution in [-0.4, -0.2) is 46.5 Å². The van der Waals surface area contributed by atoms with E-state index in [2.05, 4.69) is 24.6 Å². The topological polar surface area (TPSA) is 92.4 Å². The molecule has 0 bridgehead atoms. The van der Waals surface area contributed by atoms with Crippen LogP contribution in [0.1, 0.15) is 48.4 Å². The maximum Gasteiger partial charge on any atom is 0.270 e. The van der Waals surface area contributed by atoms with Gasteiger partial charge in [-0.15, -0.1) is 0 Å². The Morgan fingerprint density at radius 1 is 1.47 bits per heavy atom. The highest BCUT2D eigenvalue weighted by Crippen LogP contribution is 2.33. The lowest BCUT2D eigenvalue weighted by molar-refractivity contribution is 0.0888. The summed E-state index contributed by atoms with van der Waals surface area (Å²) in [6.07, 6.45) is 1.77. The molecular weight excluding hydrogens is 435 g/mol. The zero-order valence-corrected chi connectivity index (χ0v) is 19.5. The first-order chi connectivity index (χ1) is 15.1. The van der Waals surface area contributed by atoms with E-state index < -0.39 is 23.2 Å².